The fourth-order valence-electron chi connectivity index (χ4n) is 3.05. The average Bonchev–Trinajstić information content (AvgIpc) is 3.25. The molecular weight excluding hydrogens is 244 g/mol. The van der Waals surface area contributed by atoms with Gasteiger partial charge in [-0.3, -0.25) is 0 Å². The molecule has 1 heterocycles. The van der Waals surface area contributed by atoms with Crippen LogP contribution in [0.5, 0.6) is 0 Å². The molecule has 1 aliphatic heterocycles. The van der Waals surface area contributed by atoms with E-state index in [1.807, 2.05) is 0 Å². The van der Waals surface area contributed by atoms with E-state index in [0.717, 1.165) is 6.42 Å². The van der Waals surface area contributed by atoms with Gasteiger partial charge in [-0.2, -0.15) is 0 Å². The highest BCUT2D eigenvalue weighted by atomic mass is 16.6. The molecular formula is C19H22O. The largest absolute Gasteiger partial charge is 0.356 e. The van der Waals surface area contributed by atoms with Crippen LogP contribution in [-0.2, 0) is 10.3 Å². The maximum atomic E-state index is 6.22. The Morgan fingerprint density at radius 2 is 1.55 bits per heavy atom. The van der Waals surface area contributed by atoms with E-state index in [1.54, 1.807) is 0 Å². The molecule has 2 atom stereocenters. The van der Waals surface area contributed by atoms with E-state index in [1.165, 1.54) is 30.4 Å². The summed E-state index contributed by atoms with van der Waals surface area (Å²) in [5, 5.41) is 0. The van der Waals surface area contributed by atoms with Crippen molar-refractivity contribution in [3.05, 3.63) is 71.8 Å². The molecule has 0 unspecified atom stereocenters. The Labute approximate surface area is 121 Å². The van der Waals surface area contributed by atoms with Gasteiger partial charge in [0.1, 0.15) is 11.7 Å². The molecule has 1 fully saturated rings. The quantitative estimate of drug-likeness (QED) is 0.515. The summed E-state index contributed by atoms with van der Waals surface area (Å²) in [5.41, 5.74) is 2.54. The van der Waals surface area contributed by atoms with E-state index < -0.39 is 0 Å². The molecule has 0 amide bonds. The predicted octanol–water partition coefficient (Wildman–Crippen LogP) is 5.23. The monoisotopic (exact) mass is 266 g/mol. The first-order chi connectivity index (χ1) is 9.87. The van der Waals surface area contributed by atoms with Gasteiger partial charge in [-0.25, -0.2) is 0 Å². The van der Waals surface area contributed by atoms with E-state index in [-0.39, 0.29) is 11.7 Å². The summed E-state index contributed by atoms with van der Waals surface area (Å²) in [5.74, 6) is 0. The van der Waals surface area contributed by atoms with Crippen molar-refractivity contribution in [1.29, 1.82) is 0 Å². The second-order valence-electron chi connectivity index (χ2n) is 5.62. The Balaban J connectivity index is 1.84. The molecule has 0 spiro atoms. The van der Waals surface area contributed by atoms with Gasteiger partial charge in [0.25, 0.3) is 0 Å². The second-order valence-corrected chi connectivity index (χ2v) is 5.62. The second kappa shape index (κ2) is 5.80. The Kier molecular flexibility index (Phi) is 3.88. The summed E-state index contributed by atoms with van der Waals surface area (Å²) in [4.78, 5) is 0. The molecule has 1 nitrogen and oxygen atoms in total. The first kappa shape index (κ1) is 13.4. The Hall–Kier alpha value is -1.60. The SMILES string of the molecule is CCCCC[C@@]1(c2ccccc2)O[C@@H]1c1ccccc1. The van der Waals surface area contributed by atoms with E-state index in [9.17, 15) is 0 Å². The number of unbranched alkanes of at least 4 members (excludes halogenated alkanes) is 2. The Morgan fingerprint density at radius 1 is 0.900 bits per heavy atom. The molecule has 104 valence electrons. The highest BCUT2D eigenvalue weighted by Crippen LogP contribution is 2.59. The number of rotatable bonds is 6. The van der Waals surface area contributed by atoms with Crippen molar-refractivity contribution in [3.63, 3.8) is 0 Å². The first-order valence-electron chi connectivity index (χ1n) is 7.65. The van der Waals surface area contributed by atoms with Crippen LogP contribution in [0.3, 0.4) is 0 Å². The minimum atomic E-state index is -0.0855. The number of benzene rings is 2. The molecule has 20 heavy (non-hydrogen) atoms. The summed E-state index contributed by atoms with van der Waals surface area (Å²) >= 11 is 0. The minimum Gasteiger partial charge on any atom is -0.356 e. The van der Waals surface area contributed by atoms with Crippen molar-refractivity contribution >= 4 is 0 Å². The zero-order chi connectivity index (χ0) is 13.8. The lowest BCUT2D eigenvalue weighted by atomic mass is 9.87. The molecule has 0 aliphatic carbocycles. The molecule has 0 radical (unpaired) electrons. The molecule has 2 aromatic rings. The predicted molar refractivity (Wildman–Crippen MR) is 82.5 cm³/mol. The third kappa shape index (κ3) is 2.51. The summed E-state index contributed by atoms with van der Waals surface area (Å²) in [6.45, 7) is 2.25. The third-order valence-corrected chi connectivity index (χ3v) is 4.21. The van der Waals surface area contributed by atoms with E-state index >= 15 is 0 Å². The van der Waals surface area contributed by atoms with Gasteiger partial charge in [-0.05, 0) is 17.5 Å². The fourth-order valence-corrected chi connectivity index (χ4v) is 3.05. The smallest absolute Gasteiger partial charge is 0.124 e. The van der Waals surface area contributed by atoms with Crippen LogP contribution >= 0.6 is 0 Å². The number of ether oxygens (including phenoxy) is 1. The van der Waals surface area contributed by atoms with Crippen LogP contribution in [0.25, 0.3) is 0 Å². The van der Waals surface area contributed by atoms with Crippen molar-refractivity contribution in [2.45, 2.75) is 44.3 Å². The highest BCUT2D eigenvalue weighted by molar-refractivity contribution is 5.35. The summed E-state index contributed by atoms with van der Waals surface area (Å²) < 4.78 is 6.22. The highest BCUT2D eigenvalue weighted by Gasteiger charge is 2.57. The van der Waals surface area contributed by atoms with Crippen LogP contribution in [0, 0.1) is 0 Å². The van der Waals surface area contributed by atoms with E-state index in [2.05, 4.69) is 67.6 Å². The fraction of sp³-hybridized carbons (Fsp3) is 0.368. The van der Waals surface area contributed by atoms with Crippen LogP contribution in [0.2, 0.25) is 0 Å². The number of hydrogen-bond donors (Lipinski definition) is 0. The van der Waals surface area contributed by atoms with Gasteiger partial charge in [0.05, 0.1) is 0 Å². The standard InChI is InChI=1S/C19H22O/c1-2-3-10-15-19(17-13-8-5-9-14-17)18(20-19)16-11-6-4-7-12-16/h4-9,11-14,18H,2-3,10,15H2,1H3/t18-,19+/m1/s1. The maximum absolute atomic E-state index is 6.22. The van der Waals surface area contributed by atoms with Gasteiger partial charge >= 0.3 is 0 Å². The van der Waals surface area contributed by atoms with Crippen LogP contribution in [-0.4, -0.2) is 0 Å². The average molecular weight is 266 g/mol. The molecule has 0 saturated carbocycles. The summed E-state index contributed by atoms with van der Waals surface area (Å²) in [7, 11) is 0. The molecule has 0 N–H and O–H groups in total. The van der Waals surface area contributed by atoms with Crippen molar-refractivity contribution in [2.75, 3.05) is 0 Å². The zero-order valence-electron chi connectivity index (χ0n) is 12.1. The topological polar surface area (TPSA) is 12.5 Å². The van der Waals surface area contributed by atoms with Crippen LogP contribution in [0.1, 0.15) is 49.8 Å². The Bertz CT molecular complexity index is 534. The lowest BCUT2D eigenvalue weighted by Gasteiger charge is -2.13. The maximum Gasteiger partial charge on any atom is 0.124 e. The van der Waals surface area contributed by atoms with Gasteiger partial charge in [-0.15, -0.1) is 0 Å². The molecule has 0 bridgehead atoms. The lowest BCUT2D eigenvalue weighted by molar-refractivity contribution is 0.277. The first-order valence-corrected chi connectivity index (χ1v) is 7.65. The lowest BCUT2D eigenvalue weighted by Crippen LogP contribution is -2.10. The summed E-state index contributed by atoms with van der Waals surface area (Å²) in [6, 6.07) is 21.3. The number of hydrogen-bond acceptors (Lipinski definition) is 1. The van der Waals surface area contributed by atoms with Crippen molar-refractivity contribution < 1.29 is 4.74 Å². The van der Waals surface area contributed by atoms with Crippen molar-refractivity contribution in [2.24, 2.45) is 0 Å². The van der Waals surface area contributed by atoms with Crippen LogP contribution < -0.4 is 0 Å². The van der Waals surface area contributed by atoms with Gasteiger partial charge in [0.2, 0.25) is 0 Å². The van der Waals surface area contributed by atoms with E-state index in [0.29, 0.717) is 0 Å². The molecule has 0 aromatic heterocycles. The van der Waals surface area contributed by atoms with Gasteiger partial charge in [-0.1, -0.05) is 86.8 Å². The minimum absolute atomic E-state index is 0.0855. The molecule has 1 heteroatoms. The van der Waals surface area contributed by atoms with Crippen molar-refractivity contribution in [3.8, 4) is 0 Å². The van der Waals surface area contributed by atoms with Gasteiger partial charge in [0, 0.05) is 0 Å². The number of epoxide rings is 1. The zero-order valence-corrected chi connectivity index (χ0v) is 12.1. The third-order valence-electron chi connectivity index (χ3n) is 4.21. The van der Waals surface area contributed by atoms with Crippen LogP contribution in [0.15, 0.2) is 60.7 Å². The Morgan fingerprint density at radius 3 is 2.20 bits per heavy atom. The van der Waals surface area contributed by atoms with Crippen LogP contribution in [0.4, 0.5) is 0 Å². The molecule has 2 aromatic carbocycles. The molecule has 3 rings (SSSR count). The normalized spacial score (nSPS) is 24.6. The summed E-state index contributed by atoms with van der Waals surface area (Å²) in [6.07, 6.45) is 5.10. The van der Waals surface area contributed by atoms with E-state index in [4.69, 9.17) is 4.74 Å². The van der Waals surface area contributed by atoms with Gasteiger partial charge < -0.3 is 4.74 Å². The molecule has 1 aliphatic rings. The molecule has 1 saturated heterocycles. The van der Waals surface area contributed by atoms with Crippen molar-refractivity contribution in [1.82, 2.24) is 0 Å². The van der Waals surface area contributed by atoms with Gasteiger partial charge in [0.15, 0.2) is 0 Å².